The molecule has 2 N–H and O–H groups in total. The van der Waals surface area contributed by atoms with Gasteiger partial charge in [-0.3, -0.25) is 0 Å². The number of hydrogen-bond acceptors (Lipinski definition) is 4. The van der Waals surface area contributed by atoms with Gasteiger partial charge in [0.1, 0.15) is 15.7 Å². The molecule has 6 heteroatoms. The summed E-state index contributed by atoms with van der Waals surface area (Å²) in [5.74, 6) is -0.296. The Balaban J connectivity index is 2.93. The van der Waals surface area contributed by atoms with Crippen LogP contribution < -0.4 is 10.6 Å². The lowest BCUT2D eigenvalue weighted by atomic mass is 10.2. The fraction of sp³-hybridized carbons (Fsp3) is 0.538. The monoisotopic (exact) mass is 288 g/mol. The largest absolute Gasteiger partial charge is 0.368 e. The van der Waals surface area contributed by atoms with Gasteiger partial charge in [0, 0.05) is 24.5 Å². The van der Waals surface area contributed by atoms with Crippen molar-refractivity contribution in [2.75, 3.05) is 30.0 Å². The van der Waals surface area contributed by atoms with Crippen LogP contribution in [-0.4, -0.2) is 39.6 Å². The molecule has 0 heterocycles. The van der Waals surface area contributed by atoms with Crippen molar-refractivity contribution in [3.8, 4) is 0 Å². The van der Waals surface area contributed by atoms with Crippen molar-refractivity contribution in [2.24, 2.45) is 5.73 Å². The minimum absolute atomic E-state index is 0.0358. The summed E-state index contributed by atoms with van der Waals surface area (Å²) in [4.78, 5) is 1.89. The summed E-state index contributed by atoms with van der Waals surface area (Å²) < 4.78 is 36.1. The smallest absolute Gasteiger partial charge is 0.149 e. The van der Waals surface area contributed by atoms with Gasteiger partial charge in [0.15, 0.2) is 0 Å². The number of benzene rings is 1. The van der Waals surface area contributed by atoms with Crippen molar-refractivity contribution in [3.05, 3.63) is 30.1 Å². The molecule has 0 radical (unpaired) electrons. The molecule has 0 fully saturated rings. The Kier molecular flexibility index (Phi) is 5.75. The summed E-state index contributed by atoms with van der Waals surface area (Å²) in [7, 11) is -3.08. The molecule has 1 aromatic rings. The Hall–Kier alpha value is -1.14. The van der Waals surface area contributed by atoms with Crippen molar-refractivity contribution in [2.45, 2.75) is 19.4 Å². The molecule has 0 amide bonds. The third-order valence-corrected chi connectivity index (χ3v) is 3.91. The van der Waals surface area contributed by atoms with Crippen molar-refractivity contribution in [1.29, 1.82) is 0 Å². The first-order chi connectivity index (χ1) is 8.83. The van der Waals surface area contributed by atoms with Crippen LogP contribution in [0.5, 0.6) is 0 Å². The van der Waals surface area contributed by atoms with E-state index in [-0.39, 0.29) is 17.6 Å². The average molecular weight is 288 g/mol. The van der Waals surface area contributed by atoms with Gasteiger partial charge >= 0.3 is 0 Å². The Morgan fingerprint density at radius 3 is 2.63 bits per heavy atom. The number of anilines is 1. The predicted molar refractivity (Wildman–Crippen MR) is 76.6 cm³/mol. The molecule has 0 aliphatic rings. The molecule has 1 atom stereocenters. The molecule has 4 nitrogen and oxygen atoms in total. The van der Waals surface area contributed by atoms with E-state index >= 15 is 0 Å². The van der Waals surface area contributed by atoms with Crippen molar-refractivity contribution < 1.29 is 12.8 Å². The minimum Gasteiger partial charge on any atom is -0.368 e. The van der Waals surface area contributed by atoms with E-state index in [1.54, 1.807) is 12.1 Å². The molecule has 19 heavy (non-hydrogen) atoms. The summed E-state index contributed by atoms with van der Waals surface area (Å²) in [6.45, 7) is 2.94. The number of hydrogen-bond donors (Lipinski definition) is 1. The van der Waals surface area contributed by atoms with Gasteiger partial charge in [0.05, 0.1) is 5.75 Å². The highest BCUT2D eigenvalue weighted by molar-refractivity contribution is 7.90. The Morgan fingerprint density at radius 2 is 2.11 bits per heavy atom. The van der Waals surface area contributed by atoms with Crippen LogP contribution in [0.2, 0.25) is 0 Å². The number of rotatable bonds is 7. The van der Waals surface area contributed by atoms with Gasteiger partial charge in [-0.15, -0.1) is 0 Å². The number of halogens is 1. The number of nitrogens with zero attached hydrogens (tertiary/aromatic N) is 1. The second-order valence-electron chi connectivity index (χ2n) is 4.76. The molecular formula is C13H21FN2O2S. The highest BCUT2D eigenvalue weighted by atomic mass is 32.2. The molecule has 0 unspecified atom stereocenters. The second-order valence-corrected chi connectivity index (χ2v) is 6.94. The average Bonchev–Trinajstić information content (AvgIpc) is 2.27. The molecule has 0 aliphatic heterocycles. The van der Waals surface area contributed by atoms with E-state index in [1.807, 2.05) is 11.8 Å². The molecule has 0 aliphatic carbocycles. The lowest BCUT2D eigenvalue weighted by Crippen LogP contribution is -2.39. The maximum absolute atomic E-state index is 13.3. The van der Waals surface area contributed by atoms with E-state index in [2.05, 4.69) is 0 Å². The van der Waals surface area contributed by atoms with Crippen molar-refractivity contribution in [1.82, 2.24) is 0 Å². The summed E-state index contributed by atoms with van der Waals surface area (Å²) in [5.41, 5.74) is 6.18. The molecule has 1 aromatic carbocycles. The van der Waals surface area contributed by atoms with E-state index in [1.165, 1.54) is 18.4 Å². The summed E-state index contributed by atoms with van der Waals surface area (Å²) in [6, 6.07) is 5.95. The molecular weight excluding hydrogens is 267 g/mol. The number of nitrogens with two attached hydrogens (primary N) is 1. The zero-order valence-electron chi connectivity index (χ0n) is 11.3. The summed E-state index contributed by atoms with van der Waals surface area (Å²) in [5, 5.41) is 0. The van der Waals surface area contributed by atoms with Crippen LogP contribution in [-0.2, 0) is 9.84 Å². The Bertz CT molecular complexity index is 505. The van der Waals surface area contributed by atoms with E-state index in [0.29, 0.717) is 18.8 Å². The van der Waals surface area contributed by atoms with Gasteiger partial charge < -0.3 is 10.6 Å². The van der Waals surface area contributed by atoms with E-state index in [4.69, 9.17) is 5.73 Å². The molecule has 1 rings (SSSR count). The van der Waals surface area contributed by atoms with Crippen LogP contribution in [0.3, 0.4) is 0 Å². The summed E-state index contributed by atoms with van der Waals surface area (Å²) >= 11 is 0. The van der Waals surface area contributed by atoms with Gasteiger partial charge in [-0.05, 0) is 38.1 Å². The quantitative estimate of drug-likeness (QED) is 0.824. The van der Waals surface area contributed by atoms with E-state index in [9.17, 15) is 12.8 Å². The molecule has 0 saturated carbocycles. The van der Waals surface area contributed by atoms with Gasteiger partial charge in [-0.25, -0.2) is 12.8 Å². The first-order valence-corrected chi connectivity index (χ1v) is 8.29. The zero-order valence-corrected chi connectivity index (χ0v) is 12.2. The van der Waals surface area contributed by atoms with Gasteiger partial charge in [0.25, 0.3) is 0 Å². The lowest BCUT2D eigenvalue weighted by molar-refractivity contribution is 0.585. The normalized spacial score (nSPS) is 13.3. The highest BCUT2D eigenvalue weighted by Gasteiger charge is 2.19. The molecule has 0 aromatic heterocycles. The SMILES string of the molecule is C[C@@H](CS(C)(=O)=O)N(CCCN)c1cccc(F)c1. The van der Waals surface area contributed by atoms with Gasteiger partial charge in [0.2, 0.25) is 0 Å². The van der Waals surface area contributed by atoms with Crippen LogP contribution >= 0.6 is 0 Å². The molecule has 0 bridgehead atoms. The third-order valence-electron chi connectivity index (χ3n) is 2.82. The van der Waals surface area contributed by atoms with Crippen LogP contribution in [0.15, 0.2) is 24.3 Å². The van der Waals surface area contributed by atoms with Crippen LogP contribution in [0, 0.1) is 5.82 Å². The summed E-state index contributed by atoms with van der Waals surface area (Å²) in [6.07, 6.45) is 1.93. The van der Waals surface area contributed by atoms with E-state index in [0.717, 1.165) is 6.42 Å². The molecule has 108 valence electrons. The number of sulfone groups is 1. The predicted octanol–water partition coefficient (Wildman–Crippen LogP) is 1.41. The Morgan fingerprint density at radius 1 is 1.42 bits per heavy atom. The van der Waals surface area contributed by atoms with Crippen LogP contribution in [0.4, 0.5) is 10.1 Å². The third kappa shape index (κ3) is 5.57. The zero-order chi connectivity index (χ0) is 14.5. The second kappa shape index (κ2) is 6.86. The van der Waals surface area contributed by atoms with E-state index < -0.39 is 9.84 Å². The van der Waals surface area contributed by atoms with Gasteiger partial charge in [-0.1, -0.05) is 6.07 Å². The minimum atomic E-state index is -3.08. The first-order valence-electron chi connectivity index (χ1n) is 6.23. The van der Waals surface area contributed by atoms with Gasteiger partial charge in [-0.2, -0.15) is 0 Å². The maximum Gasteiger partial charge on any atom is 0.149 e. The maximum atomic E-state index is 13.3. The van der Waals surface area contributed by atoms with Crippen molar-refractivity contribution in [3.63, 3.8) is 0 Å². The first kappa shape index (κ1) is 15.9. The van der Waals surface area contributed by atoms with Crippen LogP contribution in [0.1, 0.15) is 13.3 Å². The highest BCUT2D eigenvalue weighted by Crippen LogP contribution is 2.19. The molecule has 0 saturated heterocycles. The fourth-order valence-electron chi connectivity index (χ4n) is 2.05. The van der Waals surface area contributed by atoms with Crippen LogP contribution in [0.25, 0.3) is 0 Å². The lowest BCUT2D eigenvalue weighted by Gasteiger charge is -2.31. The topological polar surface area (TPSA) is 63.4 Å². The van der Waals surface area contributed by atoms with Crippen molar-refractivity contribution >= 4 is 15.5 Å². The fourth-order valence-corrected chi connectivity index (χ4v) is 3.10. The Labute approximate surface area is 114 Å². The molecule has 0 spiro atoms. The standard InChI is InChI=1S/C13H21FN2O2S/c1-11(10-19(2,17)18)16(8-4-7-15)13-6-3-5-12(14)9-13/h3,5-6,9,11H,4,7-8,10,15H2,1-2H3/t11-/m0/s1.